The molecule has 0 saturated carbocycles. The van der Waals surface area contributed by atoms with E-state index in [9.17, 15) is 0 Å². The maximum Gasteiger partial charge on any atom is 0.161 e. The van der Waals surface area contributed by atoms with Crippen molar-refractivity contribution in [2.75, 3.05) is 20.7 Å². The molecule has 0 bridgehead atoms. The Morgan fingerprint density at radius 3 is 2.57 bits per heavy atom. The van der Waals surface area contributed by atoms with Crippen molar-refractivity contribution in [3.8, 4) is 11.5 Å². The number of nitrogens with zero attached hydrogens (tertiary/aromatic N) is 2. The van der Waals surface area contributed by atoms with E-state index < -0.39 is 0 Å². The van der Waals surface area contributed by atoms with E-state index in [-0.39, 0.29) is 0 Å². The summed E-state index contributed by atoms with van der Waals surface area (Å²) in [5.41, 5.74) is 3.35. The van der Waals surface area contributed by atoms with Gasteiger partial charge in [-0.1, -0.05) is 29.8 Å². The van der Waals surface area contributed by atoms with Crippen molar-refractivity contribution in [2.24, 2.45) is 5.10 Å². The van der Waals surface area contributed by atoms with Crippen molar-refractivity contribution in [1.29, 1.82) is 0 Å². The van der Waals surface area contributed by atoms with Crippen LogP contribution in [-0.2, 0) is 6.61 Å². The molecule has 4 heteroatoms. The molecule has 2 aromatic carbocycles. The molecule has 2 aromatic rings. The second kappa shape index (κ2) is 8.22. The molecule has 0 aliphatic heterocycles. The highest BCUT2D eigenvalue weighted by molar-refractivity contribution is 5.80. The average Bonchev–Trinajstić information content (AvgIpc) is 2.52. The van der Waals surface area contributed by atoms with E-state index in [4.69, 9.17) is 9.47 Å². The van der Waals surface area contributed by atoms with Crippen molar-refractivity contribution in [2.45, 2.75) is 20.5 Å². The minimum absolute atomic E-state index is 0.521. The van der Waals surface area contributed by atoms with Crippen molar-refractivity contribution < 1.29 is 9.47 Å². The van der Waals surface area contributed by atoms with Gasteiger partial charge in [-0.2, -0.15) is 5.10 Å². The minimum atomic E-state index is 0.521. The van der Waals surface area contributed by atoms with Crippen LogP contribution in [0.4, 0.5) is 0 Å². The largest absolute Gasteiger partial charge is 0.490 e. The first-order chi connectivity index (χ1) is 11.1. The van der Waals surface area contributed by atoms with Crippen LogP contribution >= 0.6 is 0 Å². The quantitative estimate of drug-likeness (QED) is 0.575. The molecule has 23 heavy (non-hydrogen) atoms. The number of aryl methyl sites for hydroxylation is 1. The van der Waals surface area contributed by atoms with Crippen molar-refractivity contribution in [1.82, 2.24) is 5.01 Å². The maximum absolute atomic E-state index is 5.93. The van der Waals surface area contributed by atoms with Gasteiger partial charge in [0.2, 0.25) is 0 Å². The minimum Gasteiger partial charge on any atom is -0.490 e. The molecule has 0 aliphatic carbocycles. The molecule has 122 valence electrons. The zero-order valence-corrected chi connectivity index (χ0v) is 14.2. The number of benzene rings is 2. The third-order valence-corrected chi connectivity index (χ3v) is 3.18. The van der Waals surface area contributed by atoms with Gasteiger partial charge < -0.3 is 14.5 Å². The molecular weight excluding hydrogens is 288 g/mol. The van der Waals surface area contributed by atoms with E-state index in [1.165, 1.54) is 5.56 Å². The van der Waals surface area contributed by atoms with Crippen molar-refractivity contribution >= 4 is 6.21 Å². The number of hydrogen-bond donors (Lipinski definition) is 0. The SMILES string of the molecule is CCOc1cc(/C=N/N(C)C)ccc1OCc1cccc(C)c1. The molecule has 0 aliphatic rings. The molecule has 0 unspecified atom stereocenters. The van der Waals surface area contributed by atoms with Crippen LogP contribution in [0.5, 0.6) is 11.5 Å². The number of ether oxygens (including phenoxy) is 2. The van der Waals surface area contributed by atoms with Gasteiger partial charge in [0.1, 0.15) is 6.61 Å². The normalized spacial score (nSPS) is 10.8. The zero-order valence-electron chi connectivity index (χ0n) is 14.2. The van der Waals surface area contributed by atoms with Crippen LogP contribution in [0.25, 0.3) is 0 Å². The summed E-state index contributed by atoms with van der Waals surface area (Å²) in [5.74, 6) is 1.48. The predicted molar refractivity (Wildman–Crippen MR) is 94.4 cm³/mol. The molecule has 0 atom stereocenters. The fourth-order valence-electron chi connectivity index (χ4n) is 2.14. The van der Waals surface area contributed by atoms with Crippen molar-refractivity contribution in [3.63, 3.8) is 0 Å². The summed E-state index contributed by atoms with van der Waals surface area (Å²) in [6, 6.07) is 14.1. The van der Waals surface area contributed by atoms with E-state index in [1.54, 1.807) is 11.2 Å². The second-order valence-electron chi connectivity index (χ2n) is 5.51. The molecule has 0 radical (unpaired) electrons. The highest BCUT2D eigenvalue weighted by Gasteiger charge is 2.06. The summed E-state index contributed by atoms with van der Waals surface area (Å²) in [7, 11) is 3.78. The Labute approximate surface area is 138 Å². The lowest BCUT2D eigenvalue weighted by molar-refractivity contribution is 0.269. The first kappa shape index (κ1) is 16.9. The molecule has 0 fully saturated rings. The summed E-state index contributed by atoms with van der Waals surface area (Å²) in [4.78, 5) is 0. The van der Waals surface area contributed by atoms with Gasteiger partial charge in [-0.25, -0.2) is 0 Å². The Kier molecular flexibility index (Phi) is 6.03. The summed E-state index contributed by atoms with van der Waals surface area (Å²) < 4.78 is 11.6. The van der Waals surface area contributed by atoms with Gasteiger partial charge in [0.25, 0.3) is 0 Å². The van der Waals surface area contributed by atoms with Gasteiger partial charge in [0.05, 0.1) is 12.8 Å². The van der Waals surface area contributed by atoms with Crippen LogP contribution in [0.1, 0.15) is 23.6 Å². The Hall–Kier alpha value is -2.49. The van der Waals surface area contributed by atoms with E-state index in [2.05, 4.69) is 30.2 Å². The van der Waals surface area contributed by atoms with E-state index in [0.29, 0.717) is 13.2 Å². The van der Waals surface area contributed by atoms with Gasteiger partial charge in [0, 0.05) is 14.1 Å². The third kappa shape index (κ3) is 5.33. The van der Waals surface area contributed by atoms with Gasteiger partial charge in [-0.05, 0) is 43.2 Å². The van der Waals surface area contributed by atoms with Gasteiger partial charge in [-0.3, -0.25) is 0 Å². The molecule has 2 rings (SSSR count). The summed E-state index contributed by atoms with van der Waals surface area (Å²) in [6.07, 6.45) is 1.80. The zero-order chi connectivity index (χ0) is 16.7. The first-order valence-corrected chi connectivity index (χ1v) is 7.75. The van der Waals surface area contributed by atoms with Crippen LogP contribution in [0, 0.1) is 6.92 Å². The first-order valence-electron chi connectivity index (χ1n) is 7.75. The Bertz CT molecular complexity index is 666. The Balaban J connectivity index is 2.13. The number of hydrazone groups is 1. The Morgan fingerprint density at radius 2 is 1.87 bits per heavy atom. The molecule has 0 aromatic heterocycles. The molecule has 0 saturated heterocycles. The lowest BCUT2D eigenvalue weighted by Gasteiger charge is -2.13. The summed E-state index contributed by atoms with van der Waals surface area (Å²) in [5, 5.41) is 5.99. The van der Waals surface area contributed by atoms with Gasteiger partial charge in [0.15, 0.2) is 11.5 Å². The molecular formula is C19H24N2O2. The van der Waals surface area contributed by atoms with Crippen LogP contribution < -0.4 is 9.47 Å². The lowest BCUT2D eigenvalue weighted by Crippen LogP contribution is -2.03. The number of rotatable bonds is 7. The second-order valence-corrected chi connectivity index (χ2v) is 5.51. The monoisotopic (exact) mass is 312 g/mol. The maximum atomic E-state index is 5.93. The summed E-state index contributed by atoms with van der Waals surface area (Å²) >= 11 is 0. The third-order valence-electron chi connectivity index (χ3n) is 3.18. The highest BCUT2D eigenvalue weighted by atomic mass is 16.5. The molecule has 0 N–H and O–H groups in total. The predicted octanol–water partition coefficient (Wildman–Crippen LogP) is 3.87. The smallest absolute Gasteiger partial charge is 0.161 e. The lowest BCUT2D eigenvalue weighted by atomic mass is 10.1. The highest BCUT2D eigenvalue weighted by Crippen LogP contribution is 2.29. The van der Waals surface area contributed by atoms with Crippen LogP contribution in [0.15, 0.2) is 47.6 Å². The average molecular weight is 312 g/mol. The van der Waals surface area contributed by atoms with E-state index >= 15 is 0 Å². The fourth-order valence-corrected chi connectivity index (χ4v) is 2.14. The number of hydrogen-bond acceptors (Lipinski definition) is 4. The van der Waals surface area contributed by atoms with Gasteiger partial charge in [-0.15, -0.1) is 0 Å². The van der Waals surface area contributed by atoms with Gasteiger partial charge >= 0.3 is 0 Å². The topological polar surface area (TPSA) is 34.1 Å². The molecule has 0 amide bonds. The van der Waals surface area contributed by atoms with Crippen LogP contribution in [0.3, 0.4) is 0 Å². The van der Waals surface area contributed by atoms with E-state index in [0.717, 1.165) is 22.6 Å². The molecule has 0 heterocycles. The molecule has 0 spiro atoms. The van der Waals surface area contributed by atoms with E-state index in [1.807, 2.05) is 45.3 Å². The molecule has 4 nitrogen and oxygen atoms in total. The van der Waals surface area contributed by atoms with Crippen molar-refractivity contribution in [3.05, 3.63) is 59.2 Å². The Morgan fingerprint density at radius 1 is 1.04 bits per heavy atom. The standard InChI is InChI=1S/C19H24N2O2/c1-5-22-19-12-16(13-20-21(3)4)9-10-18(19)23-14-17-8-6-7-15(2)11-17/h6-13H,5,14H2,1-4H3/b20-13+. The van der Waals surface area contributed by atoms with Crippen LogP contribution in [-0.4, -0.2) is 31.9 Å². The van der Waals surface area contributed by atoms with Crippen LogP contribution in [0.2, 0.25) is 0 Å². The fraction of sp³-hybridized carbons (Fsp3) is 0.316. The summed E-state index contributed by atoms with van der Waals surface area (Å²) in [6.45, 7) is 5.15.